The number of morpholine rings is 1. The van der Waals surface area contributed by atoms with Crippen molar-refractivity contribution in [3.8, 4) is 0 Å². The molecule has 1 saturated heterocycles. The van der Waals surface area contributed by atoms with Crippen LogP contribution in [0.3, 0.4) is 0 Å². The van der Waals surface area contributed by atoms with E-state index in [1.807, 2.05) is 0 Å². The lowest BCUT2D eigenvalue weighted by molar-refractivity contribution is -0.112. The number of carbonyl (C=O) groups is 1. The van der Waals surface area contributed by atoms with Gasteiger partial charge in [0, 0.05) is 25.2 Å². The van der Waals surface area contributed by atoms with Crippen molar-refractivity contribution in [3.63, 3.8) is 0 Å². The van der Waals surface area contributed by atoms with Gasteiger partial charge in [-0.2, -0.15) is 0 Å². The number of hydrogen-bond donors (Lipinski definition) is 2. The van der Waals surface area contributed by atoms with Crippen LogP contribution in [0.5, 0.6) is 0 Å². The maximum absolute atomic E-state index is 14.3. The number of rotatable bonds is 3. The van der Waals surface area contributed by atoms with Gasteiger partial charge >= 0.3 is 0 Å². The Balaban J connectivity index is 1.86. The Morgan fingerprint density at radius 2 is 2.33 bits per heavy atom. The minimum absolute atomic E-state index is 0.192. The molecular weight excluding hydrogens is 273 g/mol. The minimum atomic E-state index is -0.379. The Hall–Kier alpha value is -1.89. The fourth-order valence-corrected chi connectivity index (χ4v) is 2.48. The van der Waals surface area contributed by atoms with Crippen molar-refractivity contribution in [3.05, 3.63) is 41.2 Å². The van der Waals surface area contributed by atoms with Gasteiger partial charge in [-0.3, -0.25) is 4.79 Å². The average Bonchev–Trinajstić information content (AvgIpc) is 2.89. The molecule has 110 valence electrons. The molecule has 1 atom stereocenters. The molecule has 3 rings (SSSR count). The highest BCUT2D eigenvalue weighted by atomic mass is 19.1. The second kappa shape index (κ2) is 5.85. The third-order valence-electron chi connectivity index (χ3n) is 3.58. The lowest BCUT2D eigenvalue weighted by Gasteiger charge is -2.24. The first-order valence-electron chi connectivity index (χ1n) is 6.85. The van der Waals surface area contributed by atoms with Crippen LogP contribution in [-0.4, -0.2) is 37.9 Å². The quantitative estimate of drug-likeness (QED) is 0.863. The largest absolute Gasteiger partial charge is 0.371 e. The third-order valence-corrected chi connectivity index (χ3v) is 3.58. The van der Waals surface area contributed by atoms with E-state index >= 15 is 0 Å². The van der Waals surface area contributed by atoms with Crippen LogP contribution < -0.4 is 11.1 Å². The topological polar surface area (TPSA) is 76.7 Å². The molecule has 3 N–H and O–H groups in total. The number of ether oxygens (including phenoxy) is 1. The number of aliphatic imine (C=N–C) groups is 1. The molecule has 1 fully saturated rings. The summed E-state index contributed by atoms with van der Waals surface area (Å²) < 4.78 is 19.8. The Kier molecular flexibility index (Phi) is 3.92. The van der Waals surface area contributed by atoms with Crippen LogP contribution in [0.15, 0.2) is 29.3 Å². The van der Waals surface area contributed by atoms with Gasteiger partial charge in [0.2, 0.25) is 0 Å². The van der Waals surface area contributed by atoms with E-state index in [1.165, 1.54) is 6.07 Å². The molecule has 0 unspecified atom stereocenters. The molecule has 0 bridgehead atoms. The fraction of sp³-hybridized carbons (Fsp3) is 0.333. The summed E-state index contributed by atoms with van der Waals surface area (Å²) in [6.45, 7) is 2.11. The van der Waals surface area contributed by atoms with E-state index in [9.17, 15) is 9.18 Å². The van der Waals surface area contributed by atoms with Gasteiger partial charge in [0.1, 0.15) is 5.82 Å². The van der Waals surface area contributed by atoms with Gasteiger partial charge in [-0.1, -0.05) is 12.1 Å². The molecule has 2 aliphatic rings. The van der Waals surface area contributed by atoms with Crippen molar-refractivity contribution in [1.29, 1.82) is 0 Å². The van der Waals surface area contributed by atoms with Crippen molar-refractivity contribution in [1.82, 2.24) is 5.32 Å². The highest BCUT2D eigenvalue weighted by molar-refractivity contribution is 6.33. The van der Waals surface area contributed by atoms with Crippen molar-refractivity contribution >= 4 is 17.2 Å². The molecule has 1 aromatic carbocycles. The summed E-state index contributed by atoms with van der Waals surface area (Å²) in [5.74, 6) is -0.755. The van der Waals surface area contributed by atoms with Crippen molar-refractivity contribution in [2.45, 2.75) is 6.10 Å². The van der Waals surface area contributed by atoms with Gasteiger partial charge in [-0.25, -0.2) is 9.38 Å². The normalized spacial score (nSPS) is 22.2. The summed E-state index contributed by atoms with van der Waals surface area (Å²) in [7, 11) is 0. The number of nitrogens with one attached hydrogen (secondary N) is 1. The molecule has 1 aromatic rings. The average molecular weight is 289 g/mol. The predicted octanol–water partition coefficient (Wildman–Crippen LogP) is 0.810. The molecule has 0 spiro atoms. The van der Waals surface area contributed by atoms with Gasteiger partial charge in [-0.15, -0.1) is 0 Å². The molecule has 2 heterocycles. The van der Waals surface area contributed by atoms with Crippen molar-refractivity contribution in [2.75, 3.05) is 26.2 Å². The Morgan fingerprint density at radius 1 is 1.48 bits per heavy atom. The number of nitrogens with zero attached hydrogens (tertiary/aromatic N) is 1. The summed E-state index contributed by atoms with van der Waals surface area (Å²) in [5, 5.41) is 3.16. The molecule has 0 radical (unpaired) electrons. The van der Waals surface area contributed by atoms with Gasteiger partial charge in [0.05, 0.1) is 24.0 Å². The van der Waals surface area contributed by atoms with E-state index in [1.54, 1.807) is 18.2 Å². The monoisotopic (exact) mass is 289 g/mol. The summed E-state index contributed by atoms with van der Waals surface area (Å²) in [6.07, 6.45) is 1.31. The summed E-state index contributed by atoms with van der Waals surface area (Å²) in [4.78, 5) is 15.6. The van der Waals surface area contributed by atoms with E-state index in [2.05, 4.69) is 10.3 Å². The summed E-state index contributed by atoms with van der Waals surface area (Å²) in [5.41, 5.74) is 7.36. The van der Waals surface area contributed by atoms with Crippen LogP contribution in [0.25, 0.3) is 5.57 Å². The van der Waals surface area contributed by atoms with Gasteiger partial charge < -0.3 is 15.8 Å². The molecule has 0 saturated carbocycles. The number of carbonyl (C=O) groups excluding carboxylic acids is 1. The van der Waals surface area contributed by atoms with Crippen LogP contribution in [0.1, 0.15) is 17.2 Å². The minimum Gasteiger partial charge on any atom is -0.371 e. The molecule has 6 heteroatoms. The Labute approximate surface area is 121 Å². The number of amides is 1. The lowest BCUT2D eigenvalue weighted by atomic mass is 10.00. The zero-order chi connectivity index (χ0) is 14.8. The van der Waals surface area contributed by atoms with Gasteiger partial charge in [-0.05, 0) is 17.7 Å². The van der Waals surface area contributed by atoms with E-state index in [0.717, 1.165) is 6.54 Å². The van der Waals surface area contributed by atoms with Crippen LogP contribution in [0.4, 0.5) is 4.39 Å². The molecule has 0 aliphatic carbocycles. The molecule has 2 aliphatic heterocycles. The number of nitrogens with two attached hydrogens (primary N) is 1. The Bertz CT molecular complexity index is 634. The van der Waals surface area contributed by atoms with Gasteiger partial charge in [0.15, 0.2) is 0 Å². The zero-order valence-electron chi connectivity index (χ0n) is 11.4. The summed E-state index contributed by atoms with van der Waals surface area (Å²) in [6, 6.07) is 4.73. The first kappa shape index (κ1) is 14.1. The highest BCUT2D eigenvalue weighted by Gasteiger charge is 2.23. The predicted molar refractivity (Wildman–Crippen MR) is 77.4 cm³/mol. The van der Waals surface area contributed by atoms with Crippen LogP contribution in [0.2, 0.25) is 0 Å². The zero-order valence-corrected chi connectivity index (χ0v) is 11.4. The third kappa shape index (κ3) is 2.78. The first-order chi connectivity index (χ1) is 10.2. The van der Waals surface area contributed by atoms with E-state index in [0.29, 0.717) is 35.6 Å². The SMILES string of the molecule is NCC1=NC(=O)C(c2ccc([C@H]3CNCCO3)c(F)c2)=C1. The van der Waals surface area contributed by atoms with Crippen molar-refractivity contribution < 1.29 is 13.9 Å². The van der Waals surface area contributed by atoms with E-state index in [-0.39, 0.29) is 24.4 Å². The van der Waals surface area contributed by atoms with Gasteiger partial charge in [0.25, 0.3) is 5.91 Å². The molecule has 0 aromatic heterocycles. The molecule has 1 amide bonds. The van der Waals surface area contributed by atoms with E-state index < -0.39 is 0 Å². The first-order valence-corrected chi connectivity index (χ1v) is 6.85. The molecule has 21 heavy (non-hydrogen) atoms. The standard InChI is InChI=1S/C15H16FN3O2/c16-13-5-9(12-6-10(7-17)19-15(12)20)1-2-11(13)14-8-18-3-4-21-14/h1-2,5-6,14,18H,3-4,7-8,17H2/t14-/m1/s1. The van der Waals surface area contributed by atoms with Crippen LogP contribution in [0, 0.1) is 5.82 Å². The fourth-order valence-electron chi connectivity index (χ4n) is 2.48. The molecular formula is C15H16FN3O2. The second-order valence-electron chi connectivity index (χ2n) is 4.97. The summed E-state index contributed by atoms with van der Waals surface area (Å²) >= 11 is 0. The number of hydrogen-bond acceptors (Lipinski definition) is 4. The van der Waals surface area contributed by atoms with Crippen LogP contribution in [-0.2, 0) is 9.53 Å². The molecule has 5 nitrogen and oxygen atoms in total. The second-order valence-corrected chi connectivity index (χ2v) is 4.97. The van der Waals surface area contributed by atoms with Crippen LogP contribution >= 0.6 is 0 Å². The lowest BCUT2D eigenvalue weighted by Crippen LogP contribution is -2.33. The maximum Gasteiger partial charge on any atom is 0.277 e. The number of halogens is 1. The highest BCUT2D eigenvalue weighted by Crippen LogP contribution is 2.27. The maximum atomic E-state index is 14.3. The van der Waals surface area contributed by atoms with Crippen molar-refractivity contribution in [2.24, 2.45) is 10.7 Å². The Morgan fingerprint density at radius 3 is 2.95 bits per heavy atom. The van der Waals surface area contributed by atoms with E-state index in [4.69, 9.17) is 10.5 Å². The smallest absolute Gasteiger partial charge is 0.277 e. The number of benzene rings is 1.